The molecule has 1 heterocycles. The summed E-state index contributed by atoms with van der Waals surface area (Å²) in [6.07, 6.45) is 1.68. The molecule has 0 unspecified atom stereocenters. The van der Waals surface area contributed by atoms with Crippen molar-refractivity contribution in [2.24, 2.45) is 0 Å². The molecule has 3 nitrogen and oxygen atoms in total. The van der Waals surface area contributed by atoms with Crippen molar-refractivity contribution >= 4 is 6.09 Å². The number of hydrogen-bond donors (Lipinski definition) is 0. The summed E-state index contributed by atoms with van der Waals surface area (Å²) in [7, 11) is 1.71. The van der Waals surface area contributed by atoms with Gasteiger partial charge < -0.3 is 9.64 Å². The monoisotopic (exact) mass is 114 g/mol. The van der Waals surface area contributed by atoms with Gasteiger partial charge in [0.15, 0.2) is 0 Å². The average Bonchev–Trinajstić information content (AvgIpc) is 1.77. The molecule has 0 spiro atoms. The van der Waals surface area contributed by atoms with Crippen molar-refractivity contribution in [1.82, 2.24) is 4.90 Å². The van der Waals surface area contributed by atoms with E-state index in [1.165, 1.54) is 4.90 Å². The molecule has 1 saturated heterocycles. The SMILES string of the molecule is CN1C[CH]COC1=O. The topological polar surface area (TPSA) is 29.5 Å². The fourth-order valence-corrected chi connectivity index (χ4v) is 0.561. The predicted molar refractivity (Wildman–Crippen MR) is 28.3 cm³/mol. The van der Waals surface area contributed by atoms with E-state index in [1.54, 1.807) is 7.05 Å². The molecule has 1 aliphatic heterocycles. The van der Waals surface area contributed by atoms with Crippen molar-refractivity contribution in [1.29, 1.82) is 0 Å². The van der Waals surface area contributed by atoms with Crippen LogP contribution in [-0.2, 0) is 4.74 Å². The first kappa shape index (κ1) is 5.41. The summed E-state index contributed by atoms with van der Waals surface area (Å²) in [5.41, 5.74) is 0. The molecule has 1 fully saturated rings. The van der Waals surface area contributed by atoms with Crippen LogP contribution in [0.5, 0.6) is 0 Å². The van der Waals surface area contributed by atoms with E-state index >= 15 is 0 Å². The number of carbonyl (C=O) groups excluding carboxylic acids is 1. The molecule has 0 aromatic heterocycles. The summed E-state index contributed by atoms with van der Waals surface area (Å²) in [6, 6.07) is 0. The lowest BCUT2D eigenvalue weighted by atomic mass is 10.4. The maximum absolute atomic E-state index is 10.5. The summed E-state index contributed by atoms with van der Waals surface area (Å²) in [5, 5.41) is 0. The Bertz CT molecular complexity index is 103. The molecular formula is C5H8NO2. The van der Waals surface area contributed by atoms with E-state index < -0.39 is 0 Å². The van der Waals surface area contributed by atoms with Crippen LogP contribution in [-0.4, -0.2) is 31.2 Å². The maximum atomic E-state index is 10.5. The lowest BCUT2D eigenvalue weighted by Crippen LogP contribution is -2.34. The molecule has 1 aliphatic rings. The van der Waals surface area contributed by atoms with Crippen molar-refractivity contribution in [3.8, 4) is 0 Å². The second-order valence-electron chi connectivity index (χ2n) is 1.75. The lowest BCUT2D eigenvalue weighted by molar-refractivity contribution is 0.102. The average molecular weight is 114 g/mol. The third-order valence-corrected chi connectivity index (χ3v) is 1.04. The quantitative estimate of drug-likeness (QED) is 0.452. The number of nitrogens with zero attached hydrogens (tertiary/aromatic N) is 1. The van der Waals surface area contributed by atoms with Crippen LogP contribution in [0.25, 0.3) is 0 Å². The molecule has 0 atom stereocenters. The van der Waals surface area contributed by atoms with E-state index in [0.717, 1.165) is 0 Å². The molecule has 0 aromatic carbocycles. The Morgan fingerprint density at radius 2 is 2.62 bits per heavy atom. The smallest absolute Gasteiger partial charge is 0.409 e. The third-order valence-electron chi connectivity index (χ3n) is 1.04. The van der Waals surface area contributed by atoms with Crippen LogP contribution in [0.3, 0.4) is 0 Å². The highest BCUT2D eigenvalue weighted by molar-refractivity contribution is 5.68. The Morgan fingerprint density at radius 1 is 1.88 bits per heavy atom. The van der Waals surface area contributed by atoms with Crippen LogP contribution in [0.1, 0.15) is 0 Å². The lowest BCUT2D eigenvalue weighted by Gasteiger charge is -2.20. The first-order chi connectivity index (χ1) is 3.80. The van der Waals surface area contributed by atoms with Crippen molar-refractivity contribution in [3.05, 3.63) is 6.42 Å². The molecule has 0 saturated carbocycles. The number of cyclic esters (lactones) is 1. The van der Waals surface area contributed by atoms with Gasteiger partial charge in [0, 0.05) is 20.0 Å². The Balaban J connectivity index is 2.39. The second-order valence-corrected chi connectivity index (χ2v) is 1.75. The van der Waals surface area contributed by atoms with Crippen LogP contribution in [0.4, 0.5) is 4.79 Å². The van der Waals surface area contributed by atoms with Gasteiger partial charge in [-0.15, -0.1) is 0 Å². The zero-order valence-corrected chi connectivity index (χ0v) is 4.76. The van der Waals surface area contributed by atoms with Gasteiger partial charge in [0.05, 0.1) is 6.61 Å². The maximum Gasteiger partial charge on any atom is 0.409 e. The zero-order chi connectivity index (χ0) is 5.98. The zero-order valence-electron chi connectivity index (χ0n) is 4.76. The molecule has 0 N–H and O–H groups in total. The van der Waals surface area contributed by atoms with Crippen LogP contribution >= 0.6 is 0 Å². The fraction of sp³-hybridized carbons (Fsp3) is 0.600. The minimum atomic E-state index is -0.229. The second kappa shape index (κ2) is 2.03. The Kier molecular flexibility index (Phi) is 1.37. The van der Waals surface area contributed by atoms with Crippen LogP contribution in [0, 0.1) is 6.42 Å². The van der Waals surface area contributed by atoms with Gasteiger partial charge in [0.2, 0.25) is 0 Å². The van der Waals surface area contributed by atoms with Gasteiger partial charge >= 0.3 is 6.09 Å². The molecule has 8 heavy (non-hydrogen) atoms. The number of hydrogen-bond acceptors (Lipinski definition) is 2. The van der Waals surface area contributed by atoms with E-state index in [1.807, 2.05) is 6.42 Å². The summed E-state index contributed by atoms with van der Waals surface area (Å²) in [4.78, 5) is 12.0. The molecule has 0 aliphatic carbocycles. The van der Waals surface area contributed by atoms with Gasteiger partial charge in [0.1, 0.15) is 0 Å². The summed E-state index contributed by atoms with van der Waals surface area (Å²) >= 11 is 0. The van der Waals surface area contributed by atoms with Crippen molar-refractivity contribution in [2.75, 3.05) is 20.2 Å². The van der Waals surface area contributed by atoms with Gasteiger partial charge in [-0.3, -0.25) is 0 Å². The van der Waals surface area contributed by atoms with E-state index in [0.29, 0.717) is 13.2 Å². The summed E-state index contributed by atoms with van der Waals surface area (Å²) in [6.45, 7) is 1.17. The molecular weight excluding hydrogens is 106 g/mol. The van der Waals surface area contributed by atoms with Gasteiger partial charge in [-0.2, -0.15) is 0 Å². The highest BCUT2D eigenvalue weighted by Gasteiger charge is 2.13. The van der Waals surface area contributed by atoms with Crippen LogP contribution in [0.15, 0.2) is 0 Å². The molecule has 1 rings (SSSR count). The third kappa shape index (κ3) is 0.911. The van der Waals surface area contributed by atoms with Crippen LogP contribution in [0.2, 0.25) is 0 Å². The van der Waals surface area contributed by atoms with E-state index in [2.05, 4.69) is 4.74 Å². The fourth-order valence-electron chi connectivity index (χ4n) is 0.561. The van der Waals surface area contributed by atoms with Crippen molar-refractivity contribution in [2.45, 2.75) is 0 Å². The minimum Gasteiger partial charge on any atom is -0.449 e. The molecule has 45 valence electrons. The number of ether oxygens (including phenoxy) is 1. The van der Waals surface area contributed by atoms with Crippen LogP contribution < -0.4 is 0 Å². The van der Waals surface area contributed by atoms with E-state index in [-0.39, 0.29) is 6.09 Å². The summed E-state index contributed by atoms with van der Waals surface area (Å²) in [5.74, 6) is 0. The molecule has 0 bridgehead atoms. The van der Waals surface area contributed by atoms with Gasteiger partial charge in [-0.05, 0) is 0 Å². The Labute approximate surface area is 48.2 Å². The summed E-state index contributed by atoms with van der Waals surface area (Å²) < 4.78 is 4.62. The molecule has 1 amide bonds. The predicted octanol–water partition coefficient (Wildman–Crippen LogP) is 0.273. The molecule has 3 heteroatoms. The van der Waals surface area contributed by atoms with Crippen molar-refractivity contribution in [3.63, 3.8) is 0 Å². The first-order valence-corrected chi connectivity index (χ1v) is 2.50. The highest BCUT2D eigenvalue weighted by Crippen LogP contribution is 1.98. The van der Waals surface area contributed by atoms with Gasteiger partial charge in [-0.25, -0.2) is 4.79 Å². The van der Waals surface area contributed by atoms with Gasteiger partial charge in [0.25, 0.3) is 0 Å². The van der Waals surface area contributed by atoms with Crippen molar-refractivity contribution < 1.29 is 9.53 Å². The number of rotatable bonds is 0. The normalized spacial score (nSPS) is 20.6. The number of carbonyl (C=O) groups is 1. The largest absolute Gasteiger partial charge is 0.449 e. The molecule has 0 aromatic rings. The minimum absolute atomic E-state index is 0.229. The molecule has 1 radical (unpaired) electrons. The van der Waals surface area contributed by atoms with Gasteiger partial charge in [-0.1, -0.05) is 0 Å². The first-order valence-electron chi connectivity index (χ1n) is 2.50. The highest BCUT2D eigenvalue weighted by atomic mass is 16.6. The number of amides is 1. The van der Waals surface area contributed by atoms with E-state index in [9.17, 15) is 4.79 Å². The Hall–Kier alpha value is -0.730. The Morgan fingerprint density at radius 3 is 3.00 bits per heavy atom. The standard InChI is InChI=1S/C5H8NO2/c1-6-3-2-4-8-5(6)7/h2H,3-4H2,1H3. The van der Waals surface area contributed by atoms with E-state index in [4.69, 9.17) is 0 Å².